The highest BCUT2D eigenvalue weighted by Gasteiger charge is 2.18. The van der Waals surface area contributed by atoms with Gasteiger partial charge in [-0.25, -0.2) is 4.98 Å². The monoisotopic (exact) mass is 362 g/mol. The van der Waals surface area contributed by atoms with Crippen LogP contribution in [0.3, 0.4) is 0 Å². The molecule has 1 unspecified atom stereocenters. The summed E-state index contributed by atoms with van der Waals surface area (Å²) in [4.78, 5) is 5.84. The van der Waals surface area contributed by atoms with Crippen LogP contribution in [0.5, 0.6) is 0 Å². The number of rotatable bonds is 2. The van der Waals surface area contributed by atoms with Crippen molar-refractivity contribution in [2.24, 2.45) is 0 Å². The fourth-order valence-electron chi connectivity index (χ4n) is 2.55. The quantitative estimate of drug-likeness (QED) is 0.502. The molecule has 0 radical (unpaired) electrons. The fraction of sp³-hybridized carbons (Fsp3) is 0.0625. The molecule has 2 heterocycles. The van der Waals surface area contributed by atoms with Crippen LogP contribution < -0.4 is 0 Å². The van der Waals surface area contributed by atoms with E-state index in [-0.39, 0.29) is 9.45 Å². The van der Waals surface area contributed by atoms with Gasteiger partial charge < -0.3 is 0 Å². The summed E-state index contributed by atoms with van der Waals surface area (Å²) in [6.45, 7) is 0. The molecule has 0 spiro atoms. The molecule has 0 bridgehead atoms. The topological polar surface area (TPSA) is 17.3 Å². The molecule has 110 valence electrons. The number of nitrogens with zero attached hydrogens (tertiary/aromatic N) is 2. The molecule has 4 aromatic rings. The van der Waals surface area contributed by atoms with Crippen molar-refractivity contribution in [3.63, 3.8) is 0 Å². The van der Waals surface area contributed by atoms with E-state index in [0.717, 1.165) is 26.3 Å². The Bertz CT molecular complexity index is 1020. The Labute approximate surface area is 144 Å². The number of halogens is 1. The Morgan fingerprint density at radius 2 is 1.86 bits per heavy atom. The van der Waals surface area contributed by atoms with Gasteiger partial charge in [0.25, 0.3) is 0 Å². The van der Waals surface area contributed by atoms with Gasteiger partial charge in [0.2, 0.25) is 0 Å². The number of thiazole rings is 1. The molecule has 0 aliphatic heterocycles. The number of imidazole rings is 1. The number of para-hydroxylation sites is 1. The molecule has 0 amide bonds. The average molecular weight is 363 g/mol. The average Bonchev–Trinajstić information content (AvgIpc) is 3.03. The summed E-state index contributed by atoms with van der Waals surface area (Å²) < 4.78 is 3.44. The molecular weight excluding hydrogens is 352 g/mol. The van der Waals surface area contributed by atoms with Gasteiger partial charge in [-0.2, -0.15) is 0 Å². The SMILES string of the molecule is CS(=S)c1c(-c2ccc(Cl)cc2)nc2sc3ccccc3n12. The molecule has 22 heavy (non-hydrogen) atoms. The molecule has 0 aliphatic rings. The van der Waals surface area contributed by atoms with E-state index < -0.39 is 0 Å². The van der Waals surface area contributed by atoms with Crippen molar-refractivity contribution in [1.82, 2.24) is 9.38 Å². The lowest BCUT2D eigenvalue weighted by molar-refractivity contribution is 1.12. The van der Waals surface area contributed by atoms with Crippen LogP contribution in [0.2, 0.25) is 5.02 Å². The largest absolute Gasteiger partial charge is 0.277 e. The van der Waals surface area contributed by atoms with Gasteiger partial charge in [-0.1, -0.05) is 56.7 Å². The second-order valence-corrected chi connectivity index (χ2v) is 9.15. The highest BCUT2D eigenvalue weighted by Crippen LogP contribution is 2.34. The van der Waals surface area contributed by atoms with Crippen molar-refractivity contribution in [1.29, 1.82) is 0 Å². The number of fused-ring (bicyclic) bond motifs is 3. The Balaban J connectivity index is 2.09. The van der Waals surface area contributed by atoms with Crippen molar-refractivity contribution in [2.75, 3.05) is 6.26 Å². The van der Waals surface area contributed by atoms with Crippen LogP contribution >= 0.6 is 22.9 Å². The highest BCUT2D eigenvalue weighted by atomic mass is 35.5. The molecule has 0 fully saturated rings. The van der Waals surface area contributed by atoms with E-state index in [1.54, 1.807) is 11.3 Å². The first-order valence-corrected chi connectivity index (χ1v) is 10.4. The zero-order valence-corrected chi connectivity index (χ0v) is 14.8. The molecule has 2 aromatic carbocycles. The van der Waals surface area contributed by atoms with Gasteiger partial charge in [0, 0.05) is 10.6 Å². The summed E-state index contributed by atoms with van der Waals surface area (Å²) >= 11 is 13.3. The number of hydrogen-bond donors (Lipinski definition) is 0. The first-order valence-electron chi connectivity index (χ1n) is 6.64. The van der Waals surface area contributed by atoms with E-state index >= 15 is 0 Å². The van der Waals surface area contributed by atoms with Gasteiger partial charge in [0.05, 0.1) is 10.2 Å². The van der Waals surface area contributed by atoms with Gasteiger partial charge >= 0.3 is 0 Å². The first kappa shape index (κ1) is 14.3. The number of aromatic nitrogens is 2. The molecule has 6 heteroatoms. The Hall–Kier alpha value is -1.27. The number of benzene rings is 2. The summed E-state index contributed by atoms with van der Waals surface area (Å²) in [7, 11) is -0.317. The maximum atomic E-state index is 5.99. The summed E-state index contributed by atoms with van der Waals surface area (Å²) in [5.41, 5.74) is 3.20. The van der Waals surface area contributed by atoms with Gasteiger partial charge in [-0.3, -0.25) is 4.40 Å². The lowest BCUT2D eigenvalue weighted by Crippen LogP contribution is -1.95. The van der Waals surface area contributed by atoms with Crippen LogP contribution in [0.25, 0.3) is 26.4 Å². The molecule has 2 nitrogen and oxygen atoms in total. The second kappa shape index (κ2) is 5.42. The van der Waals surface area contributed by atoms with Crippen LogP contribution in [0.4, 0.5) is 0 Å². The van der Waals surface area contributed by atoms with E-state index in [4.69, 9.17) is 27.8 Å². The molecule has 0 aliphatic carbocycles. The molecule has 1 atom stereocenters. The maximum absolute atomic E-state index is 5.99. The van der Waals surface area contributed by atoms with Crippen LogP contribution in [0.15, 0.2) is 53.6 Å². The van der Waals surface area contributed by atoms with E-state index in [2.05, 4.69) is 34.9 Å². The first-order chi connectivity index (χ1) is 10.6. The molecule has 0 saturated heterocycles. The van der Waals surface area contributed by atoms with Gasteiger partial charge in [0.1, 0.15) is 10.7 Å². The Morgan fingerprint density at radius 3 is 2.59 bits per heavy atom. The van der Waals surface area contributed by atoms with Crippen molar-refractivity contribution < 1.29 is 0 Å². The molecule has 0 saturated carbocycles. The van der Waals surface area contributed by atoms with Crippen molar-refractivity contribution >= 4 is 58.8 Å². The van der Waals surface area contributed by atoms with Crippen LogP contribution in [0.1, 0.15) is 0 Å². The summed E-state index contributed by atoms with van der Waals surface area (Å²) in [6.07, 6.45) is 2.06. The number of hydrogen-bond acceptors (Lipinski definition) is 3. The van der Waals surface area contributed by atoms with E-state index in [0.29, 0.717) is 0 Å². The molecular formula is C16H11ClN2S3. The van der Waals surface area contributed by atoms with Gasteiger partial charge in [0.15, 0.2) is 4.96 Å². The Morgan fingerprint density at radius 1 is 1.14 bits per heavy atom. The summed E-state index contributed by atoms with van der Waals surface area (Å²) in [5.74, 6) is 0. The maximum Gasteiger partial charge on any atom is 0.196 e. The fourth-order valence-corrected chi connectivity index (χ4v) is 5.10. The summed E-state index contributed by atoms with van der Waals surface area (Å²) in [6, 6.07) is 16.1. The molecule has 0 N–H and O–H groups in total. The zero-order valence-electron chi connectivity index (χ0n) is 11.6. The third-order valence-electron chi connectivity index (χ3n) is 3.50. The smallest absolute Gasteiger partial charge is 0.196 e. The zero-order chi connectivity index (χ0) is 15.3. The highest BCUT2D eigenvalue weighted by molar-refractivity contribution is 8.28. The third-order valence-corrected chi connectivity index (χ3v) is 6.17. The second-order valence-electron chi connectivity index (χ2n) is 4.91. The lowest BCUT2D eigenvalue weighted by atomic mass is 10.2. The predicted octanol–water partition coefficient (Wildman–Crippen LogP) is 4.94. The third kappa shape index (κ3) is 2.20. The van der Waals surface area contributed by atoms with Crippen LogP contribution in [-0.4, -0.2) is 15.6 Å². The Kier molecular flexibility index (Phi) is 3.53. The van der Waals surface area contributed by atoms with Crippen molar-refractivity contribution in [2.45, 2.75) is 5.03 Å². The minimum Gasteiger partial charge on any atom is -0.277 e. The van der Waals surface area contributed by atoms with Crippen molar-refractivity contribution in [3.8, 4) is 11.3 Å². The molecule has 4 rings (SSSR count). The van der Waals surface area contributed by atoms with Crippen molar-refractivity contribution in [3.05, 3.63) is 53.6 Å². The van der Waals surface area contributed by atoms with Crippen LogP contribution in [-0.2, 0) is 20.6 Å². The van der Waals surface area contributed by atoms with Crippen LogP contribution in [0, 0.1) is 0 Å². The van der Waals surface area contributed by atoms with E-state index in [1.807, 2.05) is 24.3 Å². The van der Waals surface area contributed by atoms with Gasteiger partial charge in [-0.05, 0) is 41.7 Å². The minimum atomic E-state index is -0.317. The van der Waals surface area contributed by atoms with E-state index in [9.17, 15) is 0 Å². The van der Waals surface area contributed by atoms with Gasteiger partial charge in [-0.15, -0.1) is 0 Å². The predicted molar refractivity (Wildman–Crippen MR) is 99.9 cm³/mol. The molecule has 2 aromatic heterocycles. The van der Waals surface area contributed by atoms with E-state index in [1.165, 1.54) is 10.2 Å². The normalized spacial score (nSPS) is 13.0. The standard InChI is InChI=1S/C16H11ClN2S3/c1-22(20)15-14(10-6-8-11(17)9-7-10)18-16-19(15)12-4-2-3-5-13(12)21-16/h2-9H,1H3. The lowest BCUT2D eigenvalue weighted by Gasteiger charge is -2.04. The minimum absolute atomic E-state index is 0.317. The summed E-state index contributed by atoms with van der Waals surface area (Å²) in [5, 5.41) is 1.83.